The Morgan fingerprint density at radius 2 is 1.94 bits per heavy atom. The van der Waals surface area contributed by atoms with Gasteiger partial charge < -0.3 is 14.8 Å². The fraction of sp³-hybridized carbons (Fsp3) is 0.333. The van der Waals surface area contributed by atoms with Crippen LogP contribution < -0.4 is 5.32 Å². The standard InChI is InChI=1S/C27H31N5O2S/c1-4-16-32-25(23-11-8-17-31(23)26(34)21-14-12-19(3)13-15-21)29-30-27(32)35-18-24(33)28-22-10-7-6-9-20(22)5-2/h4,6-7,9-10,12-15,23H,1,5,8,11,16-18H2,2-3H3,(H,28,33). The Morgan fingerprint density at radius 3 is 2.69 bits per heavy atom. The summed E-state index contributed by atoms with van der Waals surface area (Å²) >= 11 is 1.34. The minimum atomic E-state index is -0.157. The molecule has 182 valence electrons. The number of nitrogens with zero attached hydrogens (tertiary/aromatic N) is 4. The average Bonchev–Trinajstić information content (AvgIpc) is 3.50. The smallest absolute Gasteiger partial charge is 0.254 e. The fourth-order valence-electron chi connectivity index (χ4n) is 4.36. The lowest BCUT2D eigenvalue weighted by Gasteiger charge is -2.24. The molecular formula is C27H31N5O2S. The second-order valence-corrected chi connectivity index (χ2v) is 9.55. The van der Waals surface area contributed by atoms with Gasteiger partial charge >= 0.3 is 0 Å². The third-order valence-corrected chi connectivity index (χ3v) is 7.14. The van der Waals surface area contributed by atoms with Crippen LogP contribution in [-0.2, 0) is 17.8 Å². The van der Waals surface area contributed by atoms with E-state index in [2.05, 4.69) is 29.0 Å². The third-order valence-electron chi connectivity index (χ3n) is 6.17. The summed E-state index contributed by atoms with van der Waals surface area (Å²) in [6.45, 7) is 9.14. The molecule has 3 aromatic rings. The van der Waals surface area contributed by atoms with Crippen molar-refractivity contribution in [3.8, 4) is 0 Å². The minimum absolute atomic E-state index is 0.00354. The normalized spacial score (nSPS) is 15.3. The maximum atomic E-state index is 13.2. The maximum absolute atomic E-state index is 13.2. The first-order valence-electron chi connectivity index (χ1n) is 11.9. The molecule has 2 aromatic carbocycles. The lowest BCUT2D eigenvalue weighted by Crippen LogP contribution is -2.32. The minimum Gasteiger partial charge on any atom is -0.328 e. The van der Waals surface area contributed by atoms with Crippen LogP contribution in [0.25, 0.3) is 0 Å². The van der Waals surface area contributed by atoms with Gasteiger partial charge in [0.2, 0.25) is 5.91 Å². The predicted octanol–water partition coefficient (Wildman–Crippen LogP) is 5.04. The Kier molecular flexibility index (Phi) is 8.02. The van der Waals surface area contributed by atoms with Crippen LogP contribution in [0, 0.1) is 6.92 Å². The van der Waals surface area contributed by atoms with Gasteiger partial charge in [-0.3, -0.25) is 9.59 Å². The van der Waals surface area contributed by atoms with Crippen molar-refractivity contribution in [3.05, 3.63) is 83.7 Å². The Balaban J connectivity index is 1.49. The summed E-state index contributed by atoms with van der Waals surface area (Å²) in [6.07, 6.45) is 4.37. The van der Waals surface area contributed by atoms with Crippen molar-refractivity contribution in [1.29, 1.82) is 0 Å². The van der Waals surface area contributed by atoms with E-state index in [1.54, 1.807) is 6.08 Å². The summed E-state index contributed by atoms with van der Waals surface area (Å²) in [7, 11) is 0. The molecule has 8 heteroatoms. The summed E-state index contributed by atoms with van der Waals surface area (Å²) in [5.41, 5.74) is 3.73. The number of aromatic nitrogens is 3. The van der Waals surface area contributed by atoms with Crippen molar-refractivity contribution in [3.63, 3.8) is 0 Å². The summed E-state index contributed by atoms with van der Waals surface area (Å²) < 4.78 is 1.97. The molecule has 35 heavy (non-hydrogen) atoms. The lowest BCUT2D eigenvalue weighted by atomic mass is 10.1. The largest absolute Gasteiger partial charge is 0.328 e. The fourth-order valence-corrected chi connectivity index (χ4v) is 5.12. The predicted molar refractivity (Wildman–Crippen MR) is 140 cm³/mol. The topological polar surface area (TPSA) is 80.1 Å². The van der Waals surface area contributed by atoms with Crippen LogP contribution in [0.4, 0.5) is 5.69 Å². The second-order valence-electron chi connectivity index (χ2n) is 8.61. The van der Waals surface area contributed by atoms with E-state index in [-0.39, 0.29) is 23.6 Å². The summed E-state index contributed by atoms with van der Waals surface area (Å²) in [5, 5.41) is 12.5. The second kappa shape index (κ2) is 11.4. The molecule has 0 radical (unpaired) electrons. The van der Waals surface area contributed by atoms with E-state index in [4.69, 9.17) is 0 Å². The van der Waals surface area contributed by atoms with E-state index in [0.717, 1.165) is 41.9 Å². The molecule has 0 aliphatic carbocycles. The van der Waals surface area contributed by atoms with Gasteiger partial charge in [-0.1, -0.05) is 60.7 Å². The number of para-hydroxylation sites is 1. The van der Waals surface area contributed by atoms with E-state index >= 15 is 0 Å². The highest BCUT2D eigenvalue weighted by atomic mass is 32.2. The SMILES string of the molecule is C=CCn1c(SCC(=O)Nc2ccccc2CC)nnc1C1CCCN1C(=O)c1ccc(C)cc1. The molecule has 1 atom stereocenters. The van der Waals surface area contributed by atoms with Crippen molar-refractivity contribution >= 4 is 29.3 Å². The third kappa shape index (κ3) is 5.65. The molecular weight excluding hydrogens is 458 g/mol. The number of carbonyl (C=O) groups excluding carboxylic acids is 2. The maximum Gasteiger partial charge on any atom is 0.254 e. The van der Waals surface area contributed by atoms with E-state index < -0.39 is 0 Å². The number of allylic oxidation sites excluding steroid dienone is 1. The monoisotopic (exact) mass is 489 g/mol. The van der Waals surface area contributed by atoms with Crippen LogP contribution in [0.5, 0.6) is 0 Å². The number of carbonyl (C=O) groups is 2. The Morgan fingerprint density at radius 1 is 1.17 bits per heavy atom. The van der Waals surface area contributed by atoms with Gasteiger partial charge in [0.1, 0.15) is 0 Å². The molecule has 1 aromatic heterocycles. The first kappa shape index (κ1) is 24.7. The zero-order valence-electron chi connectivity index (χ0n) is 20.2. The zero-order valence-corrected chi connectivity index (χ0v) is 21.1. The van der Waals surface area contributed by atoms with Crippen LogP contribution in [0.1, 0.15) is 53.1 Å². The molecule has 2 amide bonds. The van der Waals surface area contributed by atoms with Crippen LogP contribution in [0.15, 0.2) is 66.3 Å². The van der Waals surface area contributed by atoms with Gasteiger partial charge in [0, 0.05) is 24.3 Å². The number of nitrogens with one attached hydrogen (secondary N) is 1. The summed E-state index contributed by atoms with van der Waals surface area (Å²) in [6, 6.07) is 15.3. The molecule has 1 saturated heterocycles. The molecule has 0 bridgehead atoms. The highest BCUT2D eigenvalue weighted by Gasteiger charge is 2.34. The van der Waals surface area contributed by atoms with Crippen LogP contribution >= 0.6 is 11.8 Å². The van der Waals surface area contributed by atoms with E-state index in [9.17, 15) is 9.59 Å². The number of hydrogen-bond acceptors (Lipinski definition) is 5. The van der Waals surface area contributed by atoms with Gasteiger partial charge in [0.25, 0.3) is 5.91 Å². The number of thioether (sulfide) groups is 1. The molecule has 1 aliphatic heterocycles. The molecule has 1 unspecified atom stereocenters. The van der Waals surface area contributed by atoms with Crippen molar-refractivity contribution in [2.75, 3.05) is 17.6 Å². The number of anilines is 1. The van der Waals surface area contributed by atoms with Crippen molar-refractivity contribution < 1.29 is 9.59 Å². The first-order valence-corrected chi connectivity index (χ1v) is 12.9. The summed E-state index contributed by atoms with van der Waals surface area (Å²) in [4.78, 5) is 27.8. The quantitative estimate of drug-likeness (QED) is 0.336. The van der Waals surface area contributed by atoms with Gasteiger partial charge in [0.05, 0.1) is 11.8 Å². The van der Waals surface area contributed by atoms with Gasteiger partial charge in [0.15, 0.2) is 11.0 Å². The van der Waals surface area contributed by atoms with Crippen LogP contribution in [0.2, 0.25) is 0 Å². The first-order chi connectivity index (χ1) is 17.0. The molecule has 0 spiro atoms. The summed E-state index contributed by atoms with van der Waals surface area (Å²) in [5.74, 6) is 0.859. The molecule has 1 aliphatic rings. The number of amides is 2. The van der Waals surface area contributed by atoms with Crippen LogP contribution in [-0.4, -0.2) is 43.8 Å². The van der Waals surface area contributed by atoms with Gasteiger partial charge in [-0.2, -0.15) is 0 Å². The van der Waals surface area contributed by atoms with Gasteiger partial charge in [-0.15, -0.1) is 16.8 Å². The molecule has 0 saturated carbocycles. The number of rotatable bonds is 9. The molecule has 1 fully saturated rings. The van der Waals surface area contributed by atoms with Gasteiger partial charge in [-0.25, -0.2) is 0 Å². The Bertz CT molecular complexity index is 1200. The molecule has 7 nitrogen and oxygen atoms in total. The highest BCUT2D eigenvalue weighted by molar-refractivity contribution is 7.99. The zero-order chi connectivity index (χ0) is 24.8. The Hall–Kier alpha value is -3.39. The van der Waals surface area contributed by atoms with Gasteiger partial charge in [-0.05, 0) is 49.9 Å². The van der Waals surface area contributed by atoms with E-state index in [1.807, 2.05) is 64.9 Å². The highest BCUT2D eigenvalue weighted by Crippen LogP contribution is 2.34. The average molecular weight is 490 g/mol. The Labute approximate surface area is 210 Å². The number of aryl methyl sites for hydroxylation is 2. The van der Waals surface area contributed by atoms with E-state index in [1.165, 1.54) is 11.8 Å². The number of benzene rings is 2. The van der Waals surface area contributed by atoms with Crippen molar-refractivity contribution in [2.24, 2.45) is 0 Å². The van der Waals surface area contributed by atoms with Crippen LogP contribution in [0.3, 0.4) is 0 Å². The number of likely N-dealkylation sites (tertiary alicyclic amines) is 1. The molecule has 2 heterocycles. The molecule has 1 N–H and O–H groups in total. The van der Waals surface area contributed by atoms with Crippen molar-refractivity contribution in [1.82, 2.24) is 19.7 Å². The molecule has 4 rings (SSSR count). The van der Waals surface area contributed by atoms with E-state index in [0.29, 0.717) is 23.8 Å². The van der Waals surface area contributed by atoms with Crippen molar-refractivity contribution in [2.45, 2.75) is 50.9 Å². The lowest BCUT2D eigenvalue weighted by molar-refractivity contribution is -0.113. The number of hydrogen-bond donors (Lipinski definition) is 1.